The highest BCUT2D eigenvalue weighted by molar-refractivity contribution is 9.10. The van der Waals surface area contributed by atoms with Crippen molar-refractivity contribution >= 4 is 21.7 Å². The smallest absolute Gasteiger partial charge is 0.142 e. The number of aromatic nitrogens is 1. The van der Waals surface area contributed by atoms with Gasteiger partial charge in [-0.1, -0.05) is 0 Å². The molecule has 0 saturated heterocycles. The van der Waals surface area contributed by atoms with Crippen LogP contribution in [0.15, 0.2) is 16.7 Å². The SMILES string of the molecule is CNCc1cnc(N(C)C)c(Br)c1. The Balaban J connectivity index is 2.92. The van der Waals surface area contributed by atoms with Gasteiger partial charge in [-0.25, -0.2) is 4.98 Å². The van der Waals surface area contributed by atoms with Crippen molar-refractivity contribution in [1.82, 2.24) is 10.3 Å². The summed E-state index contributed by atoms with van der Waals surface area (Å²) in [5.74, 6) is 0.958. The van der Waals surface area contributed by atoms with Crippen LogP contribution in [0.3, 0.4) is 0 Å². The Morgan fingerprint density at radius 3 is 2.69 bits per heavy atom. The lowest BCUT2D eigenvalue weighted by atomic mass is 10.3. The third-order valence-corrected chi connectivity index (χ3v) is 2.27. The first-order valence-corrected chi connectivity index (χ1v) is 4.90. The average molecular weight is 244 g/mol. The summed E-state index contributed by atoms with van der Waals surface area (Å²) in [4.78, 5) is 6.31. The van der Waals surface area contributed by atoms with Crippen molar-refractivity contribution in [1.29, 1.82) is 0 Å². The van der Waals surface area contributed by atoms with Gasteiger partial charge in [-0.2, -0.15) is 0 Å². The molecule has 0 amide bonds. The number of anilines is 1. The molecule has 1 N–H and O–H groups in total. The maximum absolute atomic E-state index is 4.34. The standard InChI is InChI=1S/C9H14BrN3/c1-11-5-7-4-8(10)9(12-6-7)13(2)3/h4,6,11H,5H2,1-3H3. The number of rotatable bonds is 3. The molecule has 0 spiro atoms. The average Bonchev–Trinajstić information content (AvgIpc) is 2.04. The minimum Gasteiger partial charge on any atom is -0.362 e. The van der Waals surface area contributed by atoms with E-state index < -0.39 is 0 Å². The fraction of sp³-hybridized carbons (Fsp3) is 0.444. The number of pyridine rings is 1. The summed E-state index contributed by atoms with van der Waals surface area (Å²) >= 11 is 3.49. The van der Waals surface area contributed by atoms with Crippen LogP contribution in [0.2, 0.25) is 0 Å². The Labute approximate surface area is 87.3 Å². The highest BCUT2D eigenvalue weighted by Crippen LogP contribution is 2.22. The van der Waals surface area contributed by atoms with E-state index in [1.54, 1.807) is 0 Å². The first kappa shape index (κ1) is 10.5. The molecule has 0 aliphatic rings. The summed E-state index contributed by atoms with van der Waals surface area (Å²) in [6, 6.07) is 2.08. The fourth-order valence-electron chi connectivity index (χ4n) is 1.10. The first-order valence-electron chi connectivity index (χ1n) is 4.11. The van der Waals surface area contributed by atoms with E-state index in [9.17, 15) is 0 Å². The van der Waals surface area contributed by atoms with Crippen LogP contribution in [-0.4, -0.2) is 26.1 Å². The molecule has 1 aromatic heterocycles. The fourth-order valence-corrected chi connectivity index (χ4v) is 1.85. The van der Waals surface area contributed by atoms with Crippen molar-refractivity contribution in [3.05, 3.63) is 22.3 Å². The molecule has 0 fully saturated rings. The van der Waals surface area contributed by atoms with Crippen molar-refractivity contribution in [2.24, 2.45) is 0 Å². The van der Waals surface area contributed by atoms with Crippen molar-refractivity contribution in [3.8, 4) is 0 Å². The van der Waals surface area contributed by atoms with E-state index >= 15 is 0 Å². The molecule has 4 heteroatoms. The normalized spacial score (nSPS) is 10.2. The maximum atomic E-state index is 4.34. The van der Waals surface area contributed by atoms with Gasteiger partial charge in [0.05, 0.1) is 4.47 Å². The molecule has 1 rings (SSSR count). The highest BCUT2D eigenvalue weighted by Gasteiger charge is 2.03. The third kappa shape index (κ3) is 2.67. The summed E-state index contributed by atoms with van der Waals surface area (Å²) in [6.45, 7) is 0.847. The molecule has 0 aliphatic carbocycles. The number of nitrogens with zero attached hydrogens (tertiary/aromatic N) is 2. The van der Waals surface area contributed by atoms with Crippen LogP contribution in [0.1, 0.15) is 5.56 Å². The molecule has 0 aromatic carbocycles. The van der Waals surface area contributed by atoms with Gasteiger partial charge < -0.3 is 10.2 Å². The van der Waals surface area contributed by atoms with E-state index in [1.807, 2.05) is 32.2 Å². The zero-order valence-corrected chi connectivity index (χ0v) is 9.72. The van der Waals surface area contributed by atoms with Crippen LogP contribution in [-0.2, 0) is 6.54 Å². The van der Waals surface area contributed by atoms with E-state index in [0.29, 0.717) is 0 Å². The van der Waals surface area contributed by atoms with Gasteiger partial charge in [0.25, 0.3) is 0 Å². The van der Waals surface area contributed by atoms with Crippen LogP contribution in [0.5, 0.6) is 0 Å². The van der Waals surface area contributed by atoms with Gasteiger partial charge in [0, 0.05) is 26.8 Å². The number of hydrogen-bond acceptors (Lipinski definition) is 3. The molecular weight excluding hydrogens is 230 g/mol. The van der Waals surface area contributed by atoms with Crippen molar-refractivity contribution in [2.75, 3.05) is 26.0 Å². The molecule has 3 nitrogen and oxygen atoms in total. The van der Waals surface area contributed by atoms with Gasteiger partial charge in [-0.15, -0.1) is 0 Å². The predicted octanol–water partition coefficient (Wildman–Crippen LogP) is 1.63. The lowest BCUT2D eigenvalue weighted by molar-refractivity contribution is 0.811. The summed E-state index contributed by atoms with van der Waals surface area (Å²) < 4.78 is 1.03. The molecule has 1 aromatic rings. The zero-order valence-electron chi connectivity index (χ0n) is 8.13. The molecule has 0 bridgehead atoms. The van der Waals surface area contributed by atoms with Crippen LogP contribution in [0.25, 0.3) is 0 Å². The number of nitrogens with one attached hydrogen (secondary N) is 1. The van der Waals surface area contributed by atoms with Gasteiger partial charge in [0.15, 0.2) is 0 Å². The number of halogens is 1. The quantitative estimate of drug-likeness (QED) is 0.875. The van der Waals surface area contributed by atoms with Gasteiger partial charge in [0.2, 0.25) is 0 Å². The Morgan fingerprint density at radius 2 is 2.23 bits per heavy atom. The summed E-state index contributed by atoms with van der Waals surface area (Å²) in [5.41, 5.74) is 1.18. The summed E-state index contributed by atoms with van der Waals surface area (Å²) in [5, 5.41) is 3.09. The minimum atomic E-state index is 0.847. The second-order valence-electron chi connectivity index (χ2n) is 3.07. The largest absolute Gasteiger partial charge is 0.362 e. The van der Waals surface area contributed by atoms with Gasteiger partial charge in [-0.3, -0.25) is 0 Å². The van der Waals surface area contributed by atoms with E-state index in [4.69, 9.17) is 0 Å². The molecule has 0 atom stereocenters. The first-order chi connectivity index (χ1) is 6.15. The van der Waals surface area contributed by atoms with Crippen molar-refractivity contribution in [2.45, 2.75) is 6.54 Å². The highest BCUT2D eigenvalue weighted by atomic mass is 79.9. The van der Waals surface area contributed by atoms with E-state index in [1.165, 1.54) is 5.56 Å². The molecule has 0 aliphatic heterocycles. The zero-order chi connectivity index (χ0) is 9.84. The van der Waals surface area contributed by atoms with Crippen LogP contribution in [0, 0.1) is 0 Å². The molecule has 13 heavy (non-hydrogen) atoms. The van der Waals surface area contributed by atoms with Gasteiger partial charge in [-0.05, 0) is 34.6 Å². The second-order valence-corrected chi connectivity index (χ2v) is 3.93. The third-order valence-electron chi connectivity index (χ3n) is 1.68. The van der Waals surface area contributed by atoms with Crippen molar-refractivity contribution < 1.29 is 0 Å². The molecular formula is C9H14BrN3. The van der Waals surface area contributed by atoms with Gasteiger partial charge in [0.1, 0.15) is 5.82 Å². The molecule has 72 valence electrons. The summed E-state index contributed by atoms with van der Waals surface area (Å²) in [7, 11) is 5.88. The Hall–Kier alpha value is -0.610. The second kappa shape index (κ2) is 4.58. The van der Waals surface area contributed by atoms with Crippen LogP contribution in [0.4, 0.5) is 5.82 Å². The monoisotopic (exact) mass is 243 g/mol. The topological polar surface area (TPSA) is 28.2 Å². The van der Waals surface area contributed by atoms with Gasteiger partial charge >= 0.3 is 0 Å². The molecule has 0 saturated carbocycles. The molecule has 0 unspecified atom stereocenters. The molecule has 0 radical (unpaired) electrons. The maximum Gasteiger partial charge on any atom is 0.142 e. The van der Waals surface area contributed by atoms with E-state index in [-0.39, 0.29) is 0 Å². The Bertz CT molecular complexity index is 286. The lowest BCUT2D eigenvalue weighted by Crippen LogP contribution is -2.12. The Kier molecular flexibility index (Phi) is 3.69. The molecule has 1 heterocycles. The Morgan fingerprint density at radius 1 is 1.54 bits per heavy atom. The minimum absolute atomic E-state index is 0.847. The van der Waals surface area contributed by atoms with Crippen molar-refractivity contribution in [3.63, 3.8) is 0 Å². The summed E-state index contributed by atoms with van der Waals surface area (Å²) in [6.07, 6.45) is 1.89. The van der Waals surface area contributed by atoms with E-state index in [0.717, 1.165) is 16.8 Å². The van der Waals surface area contributed by atoms with Crippen LogP contribution < -0.4 is 10.2 Å². The predicted molar refractivity (Wildman–Crippen MR) is 59.0 cm³/mol. The van der Waals surface area contributed by atoms with Crippen LogP contribution >= 0.6 is 15.9 Å². The van der Waals surface area contributed by atoms with E-state index in [2.05, 4.69) is 32.3 Å². The number of hydrogen-bond donors (Lipinski definition) is 1. The lowest BCUT2D eigenvalue weighted by Gasteiger charge is -2.13.